The molecule has 4 rings (SSSR count). The maximum Gasteiger partial charge on any atom is 0.380 e. The molecule has 0 radical (unpaired) electrons. The van der Waals surface area contributed by atoms with Crippen LogP contribution < -0.4 is 9.32 Å². The molecule has 0 heterocycles. The van der Waals surface area contributed by atoms with Crippen LogP contribution in [0, 0.1) is 0 Å². The number of nitrogens with two attached hydrogens (primary N) is 1. The lowest BCUT2D eigenvalue weighted by Gasteiger charge is -2.13. The van der Waals surface area contributed by atoms with Gasteiger partial charge in [0.2, 0.25) is 0 Å². The van der Waals surface area contributed by atoms with Crippen LogP contribution in [0.5, 0.6) is 5.75 Å². The van der Waals surface area contributed by atoms with Gasteiger partial charge in [-0.05, 0) is 33.7 Å². The van der Waals surface area contributed by atoms with E-state index in [9.17, 15) is 8.42 Å². The van der Waals surface area contributed by atoms with Crippen molar-refractivity contribution in [2.45, 2.75) is 0 Å². The van der Waals surface area contributed by atoms with Crippen molar-refractivity contribution >= 4 is 42.6 Å². The van der Waals surface area contributed by atoms with Gasteiger partial charge in [-0.2, -0.15) is 13.6 Å². The van der Waals surface area contributed by atoms with Crippen LogP contribution in [0.2, 0.25) is 0 Å². The Hall–Kier alpha value is -2.37. The van der Waals surface area contributed by atoms with Crippen molar-refractivity contribution in [3.05, 3.63) is 54.6 Å². The zero-order chi connectivity index (χ0) is 14.6. The van der Waals surface area contributed by atoms with Gasteiger partial charge in [-0.1, -0.05) is 42.5 Å². The molecule has 0 bridgehead atoms. The van der Waals surface area contributed by atoms with E-state index in [4.69, 9.17) is 9.32 Å². The van der Waals surface area contributed by atoms with Crippen LogP contribution in [0.15, 0.2) is 54.6 Å². The highest BCUT2D eigenvalue weighted by Crippen LogP contribution is 2.38. The van der Waals surface area contributed by atoms with Crippen LogP contribution in [0.4, 0.5) is 0 Å². The molecule has 0 aromatic heterocycles. The normalized spacial score (nSPS) is 12.4. The minimum absolute atomic E-state index is 0.253. The first kappa shape index (κ1) is 12.4. The fraction of sp³-hybridized carbons (Fsp3) is 0. The first-order valence-corrected chi connectivity index (χ1v) is 7.89. The highest BCUT2D eigenvalue weighted by Gasteiger charge is 2.14. The van der Waals surface area contributed by atoms with E-state index in [1.54, 1.807) is 6.07 Å². The lowest BCUT2D eigenvalue weighted by Crippen LogP contribution is -2.19. The molecular weight excluding hydrogens is 286 g/mol. The largest absolute Gasteiger partial charge is 0.380 e. The van der Waals surface area contributed by atoms with Gasteiger partial charge in [0.15, 0.2) is 5.75 Å². The highest BCUT2D eigenvalue weighted by molar-refractivity contribution is 7.84. The molecule has 0 spiro atoms. The highest BCUT2D eigenvalue weighted by atomic mass is 32.2. The molecule has 0 aliphatic heterocycles. The zero-order valence-corrected chi connectivity index (χ0v) is 11.7. The summed E-state index contributed by atoms with van der Waals surface area (Å²) in [5.41, 5.74) is 0. The Kier molecular flexibility index (Phi) is 2.40. The maximum atomic E-state index is 11.2. The monoisotopic (exact) mass is 297 g/mol. The van der Waals surface area contributed by atoms with Gasteiger partial charge in [-0.15, -0.1) is 0 Å². The maximum absolute atomic E-state index is 11.2. The van der Waals surface area contributed by atoms with Gasteiger partial charge >= 0.3 is 10.3 Å². The van der Waals surface area contributed by atoms with Crippen molar-refractivity contribution in [3.8, 4) is 5.75 Å². The minimum Gasteiger partial charge on any atom is -0.370 e. The van der Waals surface area contributed by atoms with E-state index in [1.165, 1.54) is 0 Å². The van der Waals surface area contributed by atoms with Crippen molar-refractivity contribution in [3.63, 3.8) is 0 Å². The Morgan fingerprint density at radius 1 is 0.762 bits per heavy atom. The summed E-state index contributed by atoms with van der Waals surface area (Å²) in [6, 6.07) is 17.5. The quantitative estimate of drug-likeness (QED) is 0.578. The average molecular weight is 297 g/mol. The second-order valence-corrected chi connectivity index (χ2v) is 6.15. The van der Waals surface area contributed by atoms with Gasteiger partial charge in [0, 0.05) is 10.8 Å². The molecule has 0 aliphatic rings. The third-order valence-corrected chi connectivity index (χ3v) is 4.11. The van der Waals surface area contributed by atoms with E-state index in [-0.39, 0.29) is 5.75 Å². The van der Waals surface area contributed by atoms with Crippen LogP contribution in [0.3, 0.4) is 0 Å². The number of rotatable bonds is 2. The molecule has 0 saturated carbocycles. The first-order valence-electron chi connectivity index (χ1n) is 6.42. The summed E-state index contributed by atoms with van der Waals surface area (Å²) in [5.74, 6) is 0.253. The van der Waals surface area contributed by atoms with Crippen molar-refractivity contribution < 1.29 is 12.6 Å². The van der Waals surface area contributed by atoms with Crippen molar-refractivity contribution in [2.75, 3.05) is 0 Å². The molecular formula is C16H11NO3S. The molecule has 0 saturated heterocycles. The van der Waals surface area contributed by atoms with Crippen LogP contribution in [0.1, 0.15) is 0 Å². The molecule has 2 N–H and O–H groups in total. The van der Waals surface area contributed by atoms with Crippen molar-refractivity contribution in [1.29, 1.82) is 0 Å². The van der Waals surface area contributed by atoms with Crippen LogP contribution >= 0.6 is 0 Å². The minimum atomic E-state index is -4.04. The second kappa shape index (κ2) is 4.07. The third-order valence-electron chi connectivity index (χ3n) is 3.69. The summed E-state index contributed by atoms with van der Waals surface area (Å²) in [5, 5.41) is 11.1. The molecule has 104 valence electrons. The fourth-order valence-electron chi connectivity index (χ4n) is 2.91. The topological polar surface area (TPSA) is 69.4 Å². The third kappa shape index (κ3) is 1.90. The van der Waals surface area contributed by atoms with Gasteiger partial charge in [0.05, 0.1) is 0 Å². The van der Waals surface area contributed by atoms with Gasteiger partial charge < -0.3 is 4.18 Å². The Labute approximate surface area is 121 Å². The molecule has 0 fully saturated rings. The second-order valence-electron chi connectivity index (χ2n) is 5.00. The predicted molar refractivity (Wildman–Crippen MR) is 83.9 cm³/mol. The fourth-order valence-corrected chi connectivity index (χ4v) is 3.30. The molecule has 4 aromatic carbocycles. The van der Waals surface area contributed by atoms with E-state index in [2.05, 4.69) is 6.07 Å². The van der Waals surface area contributed by atoms with E-state index in [0.717, 1.165) is 32.3 Å². The van der Waals surface area contributed by atoms with Crippen LogP contribution in [0.25, 0.3) is 32.3 Å². The van der Waals surface area contributed by atoms with E-state index in [0.29, 0.717) is 0 Å². The summed E-state index contributed by atoms with van der Waals surface area (Å²) in [6.45, 7) is 0. The molecule has 21 heavy (non-hydrogen) atoms. The lowest BCUT2D eigenvalue weighted by molar-refractivity contribution is 0.490. The molecule has 0 amide bonds. The smallest absolute Gasteiger partial charge is 0.370 e. The Morgan fingerprint density at radius 2 is 1.33 bits per heavy atom. The lowest BCUT2D eigenvalue weighted by atomic mass is 9.94. The van der Waals surface area contributed by atoms with Gasteiger partial charge in [0.25, 0.3) is 0 Å². The Balaban J connectivity index is 2.20. The van der Waals surface area contributed by atoms with E-state index < -0.39 is 10.3 Å². The average Bonchev–Trinajstić information content (AvgIpc) is 2.45. The van der Waals surface area contributed by atoms with Crippen molar-refractivity contribution in [2.24, 2.45) is 5.14 Å². The Bertz CT molecular complexity index is 1070. The molecule has 4 aromatic rings. The van der Waals surface area contributed by atoms with E-state index in [1.807, 2.05) is 42.5 Å². The van der Waals surface area contributed by atoms with Crippen molar-refractivity contribution in [1.82, 2.24) is 0 Å². The molecule has 0 atom stereocenters. The van der Waals surface area contributed by atoms with E-state index >= 15 is 0 Å². The molecule has 0 aliphatic carbocycles. The molecule has 5 heteroatoms. The summed E-state index contributed by atoms with van der Waals surface area (Å²) in [6.07, 6.45) is 0. The summed E-state index contributed by atoms with van der Waals surface area (Å²) >= 11 is 0. The predicted octanol–water partition coefficient (Wildman–Crippen LogP) is 3.17. The summed E-state index contributed by atoms with van der Waals surface area (Å²) in [7, 11) is -4.04. The van der Waals surface area contributed by atoms with Gasteiger partial charge in [-0.25, -0.2) is 0 Å². The SMILES string of the molecule is NS(=O)(=O)Oc1ccc2ccc3cccc4ccc1c2c34. The first-order chi connectivity index (χ1) is 10.0. The number of hydrogen-bond acceptors (Lipinski definition) is 3. The number of benzene rings is 4. The standard InChI is InChI=1S/C16H11NO3S/c17-21(18,19)20-14-9-7-12-5-4-10-2-1-3-11-6-8-13(14)16(12)15(10)11/h1-9H,(H2,17,18,19). The summed E-state index contributed by atoms with van der Waals surface area (Å²) in [4.78, 5) is 0. The number of hydrogen-bond donors (Lipinski definition) is 1. The molecule has 0 unspecified atom stereocenters. The van der Waals surface area contributed by atoms with Gasteiger partial charge in [-0.3, -0.25) is 0 Å². The van der Waals surface area contributed by atoms with Crippen LogP contribution in [-0.2, 0) is 10.3 Å². The van der Waals surface area contributed by atoms with Gasteiger partial charge in [0.1, 0.15) is 0 Å². The van der Waals surface area contributed by atoms with Crippen LogP contribution in [-0.4, -0.2) is 8.42 Å². The summed E-state index contributed by atoms with van der Waals surface area (Å²) < 4.78 is 27.3. The Morgan fingerprint density at radius 3 is 2.00 bits per heavy atom. The zero-order valence-electron chi connectivity index (χ0n) is 10.9. The molecule has 4 nitrogen and oxygen atoms in total.